The summed E-state index contributed by atoms with van der Waals surface area (Å²) in [5, 5.41) is 0. The van der Waals surface area contributed by atoms with Crippen LogP contribution in [0.25, 0.3) is 0 Å². The predicted molar refractivity (Wildman–Crippen MR) is 108 cm³/mol. The van der Waals surface area contributed by atoms with Gasteiger partial charge >= 0.3 is 0 Å². The quantitative estimate of drug-likeness (QED) is 0.463. The standard InChI is InChI=1S/C9H16N2OSi.C8H14N2OSi/c1-7(12)8-6-10-9(11(8)2)13(3,4)5;1-10-7(6-11)5-9-8(10)12(2,3)4/h6H,1-5H3;5-6H,1-4H3. The monoisotopic (exact) mass is 378 g/mol. The molecular weight excluding hydrogens is 348 g/mol. The smallest absolute Gasteiger partial charge is 0.177 e. The summed E-state index contributed by atoms with van der Waals surface area (Å²) in [5.41, 5.74) is 3.52. The largest absolute Gasteiger partial charge is 0.333 e. The lowest BCUT2D eigenvalue weighted by Crippen LogP contribution is -2.44. The Balaban J connectivity index is 0.000000251. The third-order valence-corrected chi connectivity index (χ3v) is 7.45. The van der Waals surface area contributed by atoms with Crippen LogP contribution in [0.15, 0.2) is 12.4 Å². The van der Waals surface area contributed by atoms with E-state index in [-0.39, 0.29) is 5.78 Å². The number of aldehydes is 1. The van der Waals surface area contributed by atoms with Gasteiger partial charge in [-0.25, -0.2) is 9.97 Å². The number of hydrogen-bond donors (Lipinski definition) is 0. The van der Waals surface area contributed by atoms with Gasteiger partial charge in [0.2, 0.25) is 0 Å². The van der Waals surface area contributed by atoms with Crippen molar-refractivity contribution in [1.82, 2.24) is 19.1 Å². The van der Waals surface area contributed by atoms with Gasteiger partial charge in [-0.2, -0.15) is 0 Å². The lowest BCUT2D eigenvalue weighted by atomic mass is 10.3. The van der Waals surface area contributed by atoms with Gasteiger partial charge in [-0.3, -0.25) is 9.59 Å². The van der Waals surface area contributed by atoms with Crippen LogP contribution in [0.3, 0.4) is 0 Å². The minimum Gasteiger partial charge on any atom is -0.333 e. The van der Waals surface area contributed by atoms with E-state index in [0.29, 0.717) is 11.4 Å². The molecule has 2 rings (SSSR count). The van der Waals surface area contributed by atoms with E-state index in [1.165, 1.54) is 0 Å². The van der Waals surface area contributed by atoms with Crippen molar-refractivity contribution in [3.8, 4) is 0 Å². The first-order valence-electron chi connectivity index (χ1n) is 8.31. The molecule has 0 fully saturated rings. The highest BCUT2D eigenvalue weighted by atomic mass is 28.3. The van der Waals surface area contributed by atoms with Crippen molar-refractivity contribution < 1.29 is 9.59 Å². The number of rotatable bonds is 4. The van der Waals surface area contributed by atoms with E-state index < -0.39 is 16.1 Å². The lowest BCUT2D eigenvalue weighted by molar-refractivity contribution is 0.101. The van der Waals surface area contributed by atoms with Gasteiger partial charge in [-0.1, -0.05) is 39.3 Å². The van der Waals surface area contributed by atoms with Crippen LogP contribution < -0.4 is 10.9 Å². The highest BCUT2D eigenvalue weighted by Gasteiger charge is 2.24. The van der Waals surface area contributed by atoms with Crippen molar-refractivity contribution in [3.05, 3.63) is 23.8 Å². The summed E-state index contributed by atoms with van der Waals surface area (Å²) < 4.78 is 3.81. The van der Waals surface area contributed by atoms with Gasteiger partial charge < -0.3 is 9.13 Å². The Bertz CT molecular complexity index is 765. The number of nitrogens with zero attached hydrogens (tertiary/aromatic N) is 4. The van der Waals surface area contributed by atoms with Crippen molar-refractivity contribution >= 4 is 39.1 Å². The fourth-order valence-electron chi connectivity index (χ4n) is 2.66. The van der Waals surface area contributed by atoms with Crippen molar-refractivity contribution in [2.24, 2.45) is 14.1 Å². The molecule has 0 aliphatic rings. The third-order valence-electron chi connectivity index (χ3n) is 3.84. The van der Waals surface area contributed by atoms with Gasteiger partial charge in [0.15, 0.2) is 12.1 Å². The second-order valence-corrected chi connectivity index (χ2v) is 18.2. The van der Waals surface area contributed by atoms with Gasteiger partial charge in [0.25, 0.3) is 0 Å². The van der Waals surface area contributed by atoms with Crippen LogP contribution in [-0.4, -0.2) is 47.3 Å². The first kappa shape index (κ1) is 21.2. The van der Waals surface area contributed by atoms with Gasteiger partial charge in [0.05, 0.1) is 23.3 Å². The molecule has 8 heteroatoms. The van der Waals surface area contributed by atoms with E-state index in [4.69, 9.17) is 0 Å². The minimum absolute atomic E-state index is 0.0829. The highest BCUT2D eigenvalue weighted by molar-refractivity contribution is 6.88. The molecular formula is C17H30N4O2Si2. The molecule has 0 aliphatic carbocycles. The summed E-state index contributed by atoms with van der Waals surface area (Å²) in [6.07, 6.45) is 4.16. The summed E-state index contributed by atoms with van der Waals surface area (Å²) in [4.78, 5) is 30.2. The number of carbonyl (C=O) groups is 2. The van der Waals surface area contributed by atoms with Crippen LogP contribution in [0.5, 0.6) is 0 Å². The van der Waals surface area contributed by atoms with Crippen molar-refractivity contribution in [2.75, 3.05) is 0 Å². The molecule has 2 heterocycles. The zero-order valence-corrected chi connectivity index (χ0v) is 18.8. The zero-order chi connectivity index (χ0) is 19.6. The lowest BCUT2D eigenvalue weighted by Gasteiger charge is -2.15. The third kappa shape index (κ3) is 5.08. The molecule has 25 heavy (non-hydrogen) atoms. The van der Waals surface area contributed by atoms with Gasteiger partial charge in [0.1, 0.15) is 27.5 Å². The average molecular weight is 379 g/mol. The van der Waals surface area contributed by atoms with E-state index in [1.807, 2.05) is 23.2 Å². The molecule has 0 aromatic carbocycles. The van der Waals surface area contributed by atoms with Crippen LogP contribution >= 0.6 is 0 Å². The molecule has 0 saturated carbocycles. The Kier molecular flexibility index (Phi) is 6.46. The SMILES string of the molecule is CC(=O)c1cnc([Si](C)(C)C)n1C.Cn1c(C=O)cnc1[Si](C)(C)C. The molecule has 138 valence electrons. The van der Waals surface area contributed by atoms with Crippen LogP contribution in [0, 0.1) is 0 Å². The van der Waals surface area contributed by atoms with Crippen LogP contribution in [0.2, 0.25) is 39.3 Å². The van der Waals surface area contributed by atoms with Crippen LogP contribution in [-0.2, 0) is 14.1 Å². The van der Waals surface area contributed by atoms with E-state index in [0.717, 1.165) is 17.2 Å². The first-order chi connectivity index (χ1) is 11.3. The molecule has 0 N–H and O–H groups in total. The van der Waals surface area contributed by atoms with Crippen molar-refractivity contribution in [1.29, 1.82) is 0 Å². The number of Topliss-reactive ketones (excluding diaryl/α,β-unsaturated/α-hetero) is 1. The van der Waals surface area contributed by atoms with E-state index in [2.05, 4.69) is 49.3 Å². The Morgan fingerprint density at radius 2 is 1.36 bits per heavy atom. The fourth-order valence-corrected chi connectivity index (χ4v) is 5.83. The summed E-state index contributed by atoms with van der Waals surface area (Å²) in [5.74, 6) is 0.0829. The molecule has 0 atom stereocenters. The first-order valence-corrected chi connectivity index (χ1v) is 15.3. The average Bonchev–Trinajstić information content (AvgIpc) is 3.01. The van der Waals surface area contributed by atoms with Crippen molar-refractivity contribution in [3.63, 3.8) is 0 Å². The second-order valence-electron chi connectivity index (χ2n) is 8.27. The van der Waals surface area contributed by atoms with E-state index >= 15 is 0 Å². The number of imidazole rings is 2. The van der Waals surface area contributed by atoms with Gasteiger partial charge in [-0.05, 0) is 0 Å². The Morgan fingerprint density at radius 3 is 1.60 bits per heavy atom. The normalized spacial score (nSPS) is 11.7. The fraction of sp³-hybridized carbons (Fsp3) is 0.529. The maximum atomic E-state index is 11.2. The summed E-state index contributed by atoms with van der Waals surface area (Å²) in [7, 11) is 1.02. The summed E-state index contributed by atoms with van der Waals surface area (Å²) in [6, 6.07) is 0. The molecule has 0 radical (unpaired) electrons. The molecule has 0 saturated heterocycles. The number of aromatic nitrogens is 4. The Morgan fingerprint density at radius 1 is 0.920 bits per heavy atom. The predicted octanol–water partition coefficient (Wildman–Crippen LogP) is 1.95. The van der Waals surface area contributed by atoms with Crippen molar-refractivity contribution in [2.45, 2.75) is 46.2 Å². The number of hydrogen-bond acceptors (Lipinski definition) is 4. The molecule has 0 bridgehead atoms. The molecule has 2 aromatic rings. The van der Waals surface area contributed by atoms with Crippen LogP contribution in [0.1, 0.15) is 27.9 Å². The molecule has 0 spiro atoms. The number of ketones is 1. The molecule has 0 unspecified atom stereocenters. The van der Waals surface area contributed by atoms with Crippen LogP contribution in [0.4, 0.5) is 0 Å². The maximum Gasteiger partial charge on any atom is 0.177 e. The number of carbonyl (C=O) groups excluding carboxylic acids is 2. The molecule has 2 aromatic heterocycles. The van der Waals surface area contributed by atoms with Gasteiger partial charge in [-0.15, -0.1) is 0 Å². The minimum atomic E-state index is -1.40. The molecule has 0 amide bonds. The Hall–Kier alpha value is -1.81. The van der Waals surface area contributed by atoms with E-state index in [1.54, 1.807) is 19.3 Å². The highest BCUT2D eigenvalue weighted by Crippen LogP contribution is 2.04. The van der Waals surface area contributed by atoms with Gasteiger partial charge in [0, 0.05) is 21.0 Å². The zero-order valence-electron chi connectivity index (χ0n) is 16.8. The summed E-state index contributed by atoms with van der Waals surface area (Å²) >= 11 is 0. The molecule has 0 aliphatic heterocycles. The Labute approximate surface area is 152 Å². The maximum absolute atomic E-state index is 11.2. The topological polar surface area (TPSA) is 69.8 Å². The molecule has 6 nitrogen and oxygen atoms in total. The van der Waals surface area contributed by atoms with E-state index in [9.17, 15) is 9.59 Å². The summed E-state index contributed by atoms with van der Waals surface area (Å²) in [6.45, 7) is 14.9. The second kappa shape index (κ2) is 7.61.